The zero-order valence-electron chi connectivity index (χ0n) is 23.6. The molecule has 1 amide bonds. The second-order valence-corrected chi connectivity index (χ2v) is 10.4. The Hall–Kier alpha value is -5.76. The molecule has 8 nitrogen and oxygen atoms in total. The molecule has 0 fully saturated rings. The van der Waals surface area contributed by atoms with E-state index in [1.165, 1.54) is 4.68 Å². The highest BCUT2D eigenvalue weighted by molar-refractivity contribution is 6.02. The summed E-state index contributed by atoms with van der Waals surface area (Å²) in [6.45, 7) is 4.03. The number of aryl methyl sites for hydroxylation is 1. The number of benzene rings is 4. The van der Waals surface area contributed by atoms with Crippen molar-refractivity contribution in [1.82, 2.24) is 14.2 Å². The van der Waals surface area contributed by atoms with Gasteiger partial charge in [-0.15, -0.1) is 0 Å². The van der Waals surface area contributed by atoms with Gasteiger partial charge in [-0.25, -0.2) is 4.98 Å². The van der Waals surface area contributed by atoms with Gasteiger partial charge in [0.05, 0.1) is 17.1 Å². The maximum Gasteiger partial charge on any atom is 0.282 e. The van der Waals surface area contributed by atoms with Gasteiger partial charge in [-0.3, -0.25) is 9.59 Å². The van der Waals surface area contributed by atoms with Gasteiger partial charge in [0.25, 0.3) is 5.56 Å². The number of nitrogens with zero attached hydrogens (tertiary/aromatic N) is 4. The van der Waals surface area contributed by atoms with Crippen molar-refractivity contribution in [1.29, 1.82) is 0 Å². The summed E-state index contributed by atoms with van der Waals surface area (Å²) in [6.07, 6.45) is 1.66. The Morgan fingerprint density at radius 1 is 0.907 bits per heavy atom. The first kappa shape index (κ1) is 26.2. The summed E-state index contributed by atoms with van der Waals surface area (Å²) in [7, 11) is 0. The molecule has 0 aliphatic carbocycles. The van der Waals surface area contributed by atoms with Gasteiger partial charge in [0.1, 0.15) is 12.1 Å². The van der Waals surface area contributed by atoms with Crippen LogP contribution < -0.4 is 10.9 Å². The van der Waals surface area contributed by atoms with Gasteiger partial charge in [0.2, 0.25) is 11.7 Å². The highest BCUT2D eigenvalue weighted by atomic mass is 16.3. The molecule has 0 saturated heterocycles. The maximum atomic E-state index is 13.8. The second kappa shape index (κ2) is 10.6. The van der Waals surface area contributed by atoms with Crippen LogP contribution in [-0.4, -0.2) is 26.3 Å². The lowest BCUT2D eigenvalue weighted by Gasteiger charge is -2.11. The average molecular weight is 566 g/mol. The van der Waals surface area contributed by atoms with E-state index >= 15 is 0 Å². The number of carbonyl (C=O) groups excluding carboxylic acids is 1. The Morgan fingerprint density at radius 2 is 1.63 bits per heavy atom. The summed E-state index contributed by atoms with van der Waals surface area (Å²) in [5.74, 6) is 0.604. The van der Waals surface area contributed by atoms with E-state index in [0.29, 0.717) is 28.1 Å². The molecular weight excluding hydrogens is 538 g/mol. The predicted octanol–water partition coefficient (Wildman–Crippen LogP) is 6.90. The molecule has 210 valence electrons. The number of para-hydroxylation sites is 4. The molecule has 0 unspecified atom stereocenters. The minimum atomic E-state index is -0.309. The zero-order chi connectivity index (χ0) is 29.5. The highest BCUT2D eigenvalue weighted by Crippen LogP contribution is 2.28. The Bertz CT molecular complexity index is 2240. The summed E-state index contributed by atoms with van der Waals surface area (Å²) in [4.78, 5) is 31.7. The number of carbonyl (C=O) groups is 1. The van der Waals surface area contributed by atoms with Crippen molar-refractivity contribution in [3.8, 4) is 11.6 Å². The molecule has 0 atom stereocenters. The predicted molar refractivity (Wildman–Crippen MR) is 171 cm³/mol. The van der Waals surface area contributed by atoms with Crippen LogP contribution in [0.2, 0.25) is 0 Å². The van der Waals surface area contributed by atoms with E-state index in [2.05, 4.69) is 5.32 Å². The zero-order valence-corrected chi connectivity index (χ0v) is 23.6. The molecule has 43 heavy (non-hydrogen) atoms. The number of hydrogen-bond acceptors (Lipinski definition) is 5. The quantitative estimate of drug-likeness (QED) is 0.222. The van der Waals surface area contributed by atoms with E-state index in [4.69, 9.17) is 14.5 Å². The average Bonchev–Trinajstić information content (AvgIpc) is 3.57. The van der Waals surface area contributed by atoms with Gasteiger partial charge < -0.3 is 14.3 Å². The number of rotatable bonds is 6. The number of hydrogen-bond donors (Lipinski definition) is 1. The molecule has 7 rings (SSSR count). The van der Waals surface area contributed by atoms with Crippen LogP contribution in [0.4, 0.5) is 5.69 Å². The molecule has 1 N–H and O–H groups in total. The Kier molecular flexibility index (Phi) is 6.43. The lowest BCUT2D eigenvalue weighted by molar-refractivity contribution is -0.116. The van der Waals surface area contributed by atoms with Crippen molar-refractivity contribution < 1.29 is 9.21 Å². The first-order chi connectivity index (χ1) is 21.0. The van der Waals surface area contributed by atoms with Gasteiger partial charge in [0.15, 0.2) is 5.76 Å². The van der Waals surface area contributed by atoms with E-state index in [-0.39, 0.29) is 18.0 Å². The van der Waals surface area contributed by atoms with E-state index in [0.717, 1.165) is 38.8 Å². The Balaban J connectivity index is 1.33. The smallest absolute Gasteiger partial charge is 0.282 e. The monoisotopic (exact) mass is 565 g/mol. The molecular formula is C35H27N5O3. The van der Waals surface area contributed by atoms with E-state index < -0.39 is 0 Å². The molecule has 3 aromatic heterocycles. The van der Waals surface area contributed by atoms with E-state index in [9.17, 15) is 9.59 Å². The molecule has 7 aromatic rings. The third kappa shape index (κ3) is 4.68. The van der Waals surface area contributed by atoms with Crippen molar-refractivity contribution in [3.05, 3.63) is 130 Å². The third-order valence-corrected chi connectivity index (χ3v) is 7.70. The van der Waals surface area contributed by atoms with Gasteiger partial charge >= 0.3 is 0 Å². The lowest BCUT2D eigenvalue weighted by atomic mass is 10.1. The molecule has 0 aliphatic heterocycles. The van der Waals surface area contributed by atoms with Crippen LogP contribution in [0.15, 0.2) is 117 Å². The van der Waals surface area contributed by atoms with Gasteiger partial charge in [-0.2, -0.15) is 9.78 Å². The van der Waals surface area contributed by atoms with Crippen molar-refractivity contribution in [2.24, 2.45) is 5.10 Å². The van der Waals surface area contributed by atoms with E-state index in [1.54, 1.807) is 24.4 Å². The topological polar surface area (TPSA) is 94.4 Å². The molecule has 3 heterocycles. The normalized spacial score (nSPS) is 11.7. The van der Waals surface area contributed by atoms with Crippen molar-refractivity contribution in [2.75, 3.05) is 5.32 Å². The van der Waals surface area contributed by atoms with Gasteiger partial charge in [-0.05, 0) is 55.8 Å². The summed E-state index contributed by atoms with van der Waals surface area (Å²) < 4.78 is 9.36. The minimum Gasteiger partial charge on any atom is -0.453 e. The van der Waals surface area contributed by atoms with Crippen LogP contribution in [0, 0.1) is 13.8 Å². The number of aromatic nitrogens is 3. The standard InChI is InChI=1S/C35H27N5O3/c1-22-11-3-7-15-28(22)37-33(41)21-39-23(2)27(25-13-6-9-17-30(25)39)20-36-40-34(32-19-24-12-4-10-18-31(24)43-32)38-29-16-8-5-14-26(29)35(40)42/h3-20H,21H2,1-2H3,(H,37,41). The van der Waals surface area contributed by atoms with Crippen LogP contribution >= 0.6 is 0 Å². The number of fused-ring (bicyclic) bond motifs is 3. The molecule has 0 aliphatic rings. The maximum absolute atomic E-state index is 13.8. The minimum absolute atomic E-state index is 0.121. The van der Waals surface area contributed by atoms with Crippen molar-refractivity contribution >= 4 is 50.6 Å². The summed E-state index contributed by atoms with van der Waals surface area (Å²) in [6, 6.07) is 32.2. The van der Waals surface area contributed by atoms with Crippen LogP contribution in [0.3, 0.4) is 0 Å². The van der Waals surface area contributed by atoms with Crippen LogP contribution in [-0.2, 0) is 11.3 Å². The molecule has 4 aromatic carbocycles. The summed E-state index contributed by atoms with van der Waals surface area (Å²) >= 11 is 0. The number of nitrogens with one attached hydrogen (secondary N) is 1. The third-order valence-electron chi connectivity index (χ3n) is 7.70. The van der Waals surface area contributed by atoms with Crippen LogP contribution in [0.1, 0.15) is 16.8 Å². The number of anilines is 1. The van der Waals surface area contributed by atoms with Crippen molar-refractivity contribution in [3.63, 3.8) is 0 Å². The van der Waals surface area contributed by atoms with Gasteiger partial charge in [-0.1, -0.05) is 66.7 Å². The Labute approximate surface area is 246 Å². The number of furan rings is 1. The first-order valence-electron chi connectivity index (χ1n) is 14.0. The molecule has 0 radical (unpaired) electrons. The fourth-order valence-corrected chi connectivity index (χ4v) is 5.47. The summed E-state index contributed by atoms with van der Waals surface area (Å²) in [5.41, 5.74) is 5.25. The molecule has 0 bridgehead atoms. The van der Waals surface area contributed by atoms with Crippen molar-refractivity contribution in [2.45, 2.75) is 20.4 Å². The lowest BCUT2D eigenvalue weighted by Crippen LogP contribution is -2.20. The fraction of sp³-hybridized carbons (Fsp3) is 0.0857. The van der Waals surface area contributed by atoms with Crippen LogP contribution in [0.25, 0.3) is 44.4 Å². The highest BCUT2D eigenvalue weighted by Gasteiger charge is 2.18. The number of amides is 1. The van der Waals surface area contributed by atoms with Gasteiger partial charge in [0, 0.05) is 33.2 Å². The van der Waals surface area contributed by atoms with E-state index in [1.807, 2.05) is 103 Å². The SMILES string of the molecule is Cc1ccccc1NC(=O)Cn1c(C)c(C=Nn2c(-c3cc4ccccc4o3)nc3ccccc3c2=O)c2ccccc21. The second-order valence-electron chi connectivity index (χ2n) is 10.4. The molecule has 8 heteroatoms. The largest absolute Gasteiger partial charge is 0.453 e. The Morgan fingerprint density at radius 3 is 2.47 bits per heavy atom. The molecule has 0 saturated carbocycles. The fourth-order valence-electron chi connectivity index (χ4n) is 5.47. The first-order valence-corrected chi connectivity index (χ1v) is 14.0. The van der Waals surface area contributed by atoms with Crippen LogP contribution in [0.5, 0.6) is 0 Å². The summed E-state index contributed by atoms with van der Waals surface area (Å²) in [5, 5.41) is 9.99. The molecule has 0 spiro atoms.